The van der Waals surface area contributed by atoms with E-state index in [9.17, 15) is 4.79 Å². The quantitative estimate of drug-likeness (QED) is 0.762. The van der Waals surface area contributed by atoms with Crippen molar-refractivity contribution in [3.63, 3.8) is 0 Å². The Morgan fingerprint density at radius 3 is 3.27 bits per heavy atom. The topological polar surface area (TPSA) is 70.7 Å². The van der Waals surface area contributed by atoms with Crippen LogP contribution in [0.15, 0.2) is 18.5 Å². The van der Waals surface area contributed by atoms with Gasteiger partial charge >= 0.3 is 0 Å². The molecule has 0 aliphatic heterocycles. The van der Waals surface area contributed by atoms with Gasteiger partial charge in [0.05, 0.1) is 10.9 Å². The molecule has 0 radical (unpaired) electrons. The fraction of sp³-hybridized carbons (Fsp3) is 0.222. The van der Waals surface area contributed by atoms with Crippen molar-refractivity contribution in [3.05, 3.63) is 24.2 Å². The number of halogens is 1. The molecule has 0 unspecified atom stereocenters. The van der Waals surface area contributed by atoms with Crippen molar-refractivity contribution in [1.82, 2.24) is 20.5 Å². The van der Waals surface area contributed by atoms with Crippen molar-refractivity contribution in [2.75, 3.05) is 12.4 Å². The van der Waals surface area contributed by atoms with E-state index in [0.29, 0.717) is 23.5 Å². The van der Waals surface area contributed by atoms with Gasteiger partial charge in [0.25, 0.3) is 5.91 Å². The van der Waals surface area contributed by atoms with Gasteiger partial charge in [-0.05, 0) is 6.07 Å². The average molecular weight is 225 g/mol. The highest BCUT2D eigenvalue weighted by atomic mass is 35.5. The summed E-state index contributed by atoms with van der Waals surface area (Å²) in [5.41, 5.74) is 1.14. The van der Waals surface area contributed by atoms with Gasteiger partial charge in [-0.3, -0.25) is 14.9 Å². The normalized spacial score (nSPS) is 10.5. The number of carbonyl (C=O) groups is 1. The predicted octanol–water partition coefficient (Wildman–Crippen LogP) is 0.926. The molecular weight excluding hydrogens is 216 g/mol. The zero-order valence-corrected chi connectivity index (χ0v) is 8.58. The summed E-state index contributed by atoms with van der Waals surface area (Å²) >= 11 is 5.47. The number of amides is 1. The van der Waals surface area contributed by atoms with Gasteiger partial charge in [0.1, 0.15) is 0 Å². The Kier molecular flexibility index (Phi) is 2.82. The van der Waals surface area contributed by atoms with Gasteiger partial charge in [-0.2, -0.15) is 5.10 Å². The molecule has 0 saturated carbocycles. The number of hydrogen-bond acceptors (Lipinski definition) is 3. The summed E-state index contributed by atoms with van der Waals surface area (Å²) in [6.45, 7) is 0.426. The minimum atomic E-state index is -0.241. The third-order valence-electron chi connectivity index (χ3n) is 1.96. The van der Waals surface area contributed by atoms with Crippen LogP contribution in [0.3, 0.4) is 0 Å². The maximum absolute atomic E-state index is 11.6. The van der Waals surface area contributed by atoms with E-state index in [2.05, 4.69) is 20.5 Å². The van der Waals surface area contributed by atoms with Gasteiger partial charge in [0.2, 0.25) is 0 Å². The summed E-state index contributed by atoms with van der Waals surface area (Å²) in [4.78, 5) is 15.5. The summed E-state index contributed by atoms with van der Waals surface area (Å²) in [7, 11) is 0. The Bertz CT molecular complexity index is 482. The highest BCUT2D eigenvalue weighted by molar-refractivity contribution is 6.18. The number of rotatable bonds is 3. The number of carbonyl (C=O) groups excluding carboxylic acids is 1. The second-order valence-electron chi connectivity index (χ2n) is 2.94. The van der Waals surface area contributed by atoms with Crippen LogP contribution >= 0.6 is 11.6 Å². The minimum absolute atomic E-state index is 0.241. The molecule has 0 spiro atoms. The van der Waals surface area contributed by atoms with Crippen LogP contribution in [-0.4, -0.2) is 33.5 Å². The lowest BCUT2D eigenvalue weighted by Gasteiger charge is -1.98. The van der Waals surface area contributed by atoms with Gasteiger partial charge in [-0.15, -0.1) is 11.6 Å². The van der Waals surface area contributed by atoms with Crippen LogP contribution in [0.2, 0.25) is 0 Å². The van der Waals surface area contributed by atoms with Crippen LogP contribution in [-0.2, 0) is 0 Å². The van der Waals surface area contributed by atoms with Crippen molar-refractivity contribution in [1.29, 1.82) is 0 Å². The first-order valence-electron chi connectivity index (χ1n) is 4.45. The molecule has 5 nitrogen and oxygen atoms in total. The number of alkyl halides is 1. The second-order valence-corrected chi connectivity index (χ2v) is 3.32. The molecule has 0 bridgehead atoms. The molecule has 0 aromatic carbocycles. The van der Waals surface area contributed by atoms with Gasteiger partial charge in [0.15, 0.2) is 5.69 Å². The SMILES string of the molecule is O=C(NCCCl)c1n[nH]c2ccncc12. The summed E-state index contributed by atoms with van der Waals surface area (Å²) in [6, 6.07) is 1.76. The van der Waals surface area contributed by atoms with Crippen LogP contribution in [0.25, 0.3) is 10.9 Å². The van der Waals surface area contributed by atoms with Gasteiger partial charge in [-0.25, -0.2) is 0 Å². The van der Waals surface area contributed by atoms with Crippen molar-refractivity contribution in [2.45, 2.75) is 0 Å². The largest absolute Gasteiger partial charge is 0.349 e. The molecule has 78 valence electrons. The number of H-pyrrole nitrogens is 1. The number of aromatic amines is 1. The number of fused-ring (bicyclic) bond motifs is 1. The molecular formula is C9H9ClN4O. The summed E-state index contributed by atoms with van der Waals surface area (Å²) < 4.78 is 0. The molecule has 6 heteroatoms. The molecule has 0 aliphatic rings. The first-order valence-corrected chi connectivity index (χ1v) is 4.98. The molecule has 2 rings (SSSR count). The monoisotopic (exact) mass is 224 g/mol. The van der Waals surface area contributed by atoms with E-state index in [-0.39, 0.29) is 5.91 Å². The molecule has 2 heterocycles. The lowest BCUT2D eigenvalue weighted by Crippen LogP contribution is -2.25. The van der Waals surface area contributed by atoms with Crippen molar-refractivity contribution in [2.24, 2.45) is 0 Å². The number of nitrogens with one attached hydrogen (secondary N) is 2. The third-order valence-corrected chi connectivity index (χ3v) is 2.15. The lowest BCUT2D eigenvalue weighted by molar-refractivity contribution is 0.0952. The van der Waals surface area contributed by atoms with Gasteiger partial charge in [0, 0.05) is 24.8 Å². The average Bonchev–Trinajstić information content (AvgIpc) is 2.69. The molecule has 2 N–H and O–H groups in total. The molecule has 1 amide bonds. The standard InChI is InChI=1S/C9H9ClN4O/c10-2-4-12-9(15)8-6-5-11-3-1-7(6)13-14-8/h1,3,5H,2,4H2,(H,12,15)(H,13,14). The molecule has 2 aromatic heterocycles. The van der Waals surface area contributed by atoms with E-state index >= 15 is 0 Å². The number of nitrogens with zero attached hydrogens (tertiary/aromatic N) is 2. The second kappa shape index (κ2) is 4.27. The highest BCUT2D eigenvalue weighted by Gasteiger charge is 2.12. The maximum atomic E-state index is 11.6. The van der Waals surface area contributed by atoms with Crippen LogP contribution < -0.4 is 5.32 Å². The van der Waals surface area contributed by atoms with E-state index < -0.39 is 0 Å². The Balaban J connectivity index is 2.31. The number of pyridine rings is 1. The molecule has 0 aliphatic carbocycles. The zero-order chi connectivity index (χ0) is 10.7. The van der Waals surface area contributed by atoms with Gasteiger partial charge in [-0.1, -0.05) is 0 Å². The van der Waals surface area contributed by atoms with E-state index in [1.165, 1.54) is 0 Å². The summed E-state index contributed by atoms with van der Waals surface area (Å²) in [5.74, 6) is 0.140. The Labute approximate surface area is 90.8 Å². The van der Waals surface area contributed by atoms with E-state index in [0.717, 1.165) is 5.52 Å². The lowest BCUT2D eigenvalue weighted by atomic mass is 10.2. The fourth-order valence-electron chi connectivity index (χ4n) is 1.27. The molecule has 15 heavy (non-hydrogen) atoms. The van der Waals surface area contributed by atoms with Crippen LogP contribution in [0.1, 0.15) is 10.5 Å². The molecule has 2 aromatic rings. The Morgan fingerprint density at radius 2 is 2.47 bits per heavy atom. The van der Waals surface area contributed by atoms with E-state index in [1.54, 1.807) is 18.5 Å². The number of aromatic nitrogens is 3. The zero-order valence-electron chi connectivity index (χ0n) is 7.83. The summed E-state index contributed by atoms with van der Waals surface area (Å²) in [5, 5.41) is 10.0. The third kappa shape index (κ3) is 1.92. The van der Waals surface area contributed by atoms with Crippen molar-refractivity contribution >= 4 is 28.4 Å². The van der Waals surface area contributed by atoms with Crippen LogP contribution in [0.4, 0.5) is 0 Å². The minimum Gasteiger partial charge on any atom is -0.349 e. The van der Waals surface area contributed by atoms with Crippen LogP contribution in [0.5, 0.6) is 0 Å². The van der Waals surface area contributed by atoms with E-state index in [4.69, 9.17) is 11.6 Å². The summed E-state index contributed by atoms with van der Waals surface area (Å²) in [6.07, 6.45) is 3.25. The fourth-order valence-corrected chi connectivity index (χ4v) is 1.37. The highest BCUT2D eigenvalue weighted by Crippen LogP contribution is 2.13. The first kappa shape index (κ1) is 9.92. The maximum Gasteiger partial charge on any atom is 0.272 e. The van der Waals surface area contributed by atoms with Gasteiger partial charge < -0.3 is 5.32 Å². The number of hydrogen-bond donors (Lipinski definition) is 2. The van der Waals surface area contributed by atoms with Crippen molar-refractivity contribution in [3.8, 4) is 0 Å². The molecule has 0 atom stereocenters. The predicted molar refractivity (Wildman–Crippen MR) is 56.9 cm³/mol. The molecule has 0 saturated heterocycles. The Morgan fingerprint density at radius 1 is 1.60 bits per heavy atom. The smallest absolute Gasteiger partial charge is 0.272 e. The van der Waals surface area contributed by atoms with E-state index in [1.807, 2.05) is 0 Å². The van der Waals surface area contributed by atoms with Crippen LogP contribution in [0, 0.1) is 0 Å². The molecule has 0 fully saturated rings. The first-order chi connectivity index (χ1) is 7.33. The Hall–Kier alpha value is -1.62. The van der Waals surface area contributed by atoms with Crippen molar-refractivity contribution < 1.29 is 4.79 Å².